The molecule has 0 aromatic heterocycles. The minimum Gasteiger partial charge on any atom is -0.480 e. The molecule has 76 valence electrons. The van der Waals surface area contributed by atoms with E-state index in [0.29, 0.717) is 4.90 Å². The summed E-state index contributed by atoms with van der Waals surface area (Å²) in [5, 5.41) is 16.7. The van der Waals surface area contributed by atoms with Gasteiger partial charge in [-0.2, -0.15) is 0 Å². The molecule has 0 aliphatic carbocycles. The molecule has 0 aromatic rings. The number of carbonyl (C=O) groups is 3. The standard InChI is InChI=1S/C7H8N2O5/c1-8(2)7(14)9(3-5(10)11)4-6(12)13/h1-2H,3-4H2,(H,10,11)(H,12,13). The number of nitrogens with zero attached hydrogens (tertiary/aromatic N) is 2. The van der Waals surface area contributed by atoms with Crippen LogP contribution < -0.4 is 0 Å². The number of hydrogen-bond donors (Lipinski definition) is 2. The SMILES string of the molecule is [CH]N([CH])C(=O)N(CC(=O)O)CC(=O)O. The predicted octanol–water partition coefficient (Wildman–Crippen LogP) is -0.783. The van der Waals surface area contributed by atoms with Crippen LogP contribution in [0.5, 0.6) is 0 Å². The lowest BCUT2D eigenvalue weighted by molar-refractivity contribution is -0.140. The highest BCUT2D eigenvalue weighted by atomic mass is 16.4. The summed E-state index contributed by atoms with van der Waals surface area (Å²) >= 11 is 0. The van der Waals surface area contributed by atoms with E-state index in [1.807, 2.05) is 0 Å². The van der Waals surface area contributed by atoms with Crippen molar-refractivity contribution in [1.82, 2.24) is 9.80 Å². The van der Waals surface area contributed by atoms with Crippen LogP contribution in [0.15, 0.2) is 0 Å². The molecule has 0 saturated carbocycles. The summed E-state index contributed by atoms with van der Waals surface area (Å²) in [6, 6.07) is -1.09. The van der Waals surface area contributed by atoms with Gasteiger partial charge >= 0.3 is 18.0 Å². The Morgan fingerprint density at radius 2 is 1.36 bits per heavy atom. The van der Waals surface area contributed by atoms with Crippen molar-refractivity contribution >= 4 is 18.0 Å². The van der Waals surface area contributed by atoms with Gasteiger partial charge in [0.25, 0.3) is 0 Å². The van der Waals surface area contributed by atoms with Gasteiger partial charge in [-0.3, -0.25) is 9.59 Å². The number of hydrogen-bond acceptors (Lipinski definition) is 3. The van der Waals surface area contributed by atoms with Crippen LogP contribution in [-0.2, 0) is 9.59 Å². The maximum Gasteiger partial charge on any atom is 0.323 e. The Morgan fingerprint density at radius 1 is 1.00 bits per heavy atom. The van der Waals surface area contributed by atoms with Crippen molar-refractivity contribution in [3.8, 4) is 0 Å². The monoisotopic (exact) mass is 200 g/mol. The topological polar surface area (TPSA) is 98.2 Å². The third-order valence-corrected chi connectivity index (χ3v) is 1.14. The number of amides is 2. The molecular formula is C7H8N2O5. The molecule has 0 saturated heterocycles. The molecule has 0 aliphatic heterocycles. The van der Waals surface area contributed by atoms with Gasteiger partial charge in [0.15, 0.2) is 0 Å². The van der Waals surface area contributed by atoms with Crippen LogP contribution in [0.25, 0.3) is 0 Å². The minimum atomic E-state index is -1.36. The highest BCUT2D eigenvalue weighted by molar-refractivity contribution is 5.84. The number of carbonyl (C=O) groups excluding carboxylic acids is 1. The van der Waals surface area contributed by atoms with Gasteiger partial charge in [-0.25, -0.2) is 4.79 Å². The maximum atomic E-state index is 11.0. The molecule has 0 aliphatic rings. The van der Waals surface area contributed by atoms with E-state index >= 15 is 0 Å². The molecule has 0 spiro atoms. The Hall–Kier alpha value is -1.79. The number of aliphatic carboxylic acids is 2. The quantitative estimate of drug-likeness (QED) is 0.580. The fourth-order valence-electron chi connectivity index (χ4n) is 0.681. The molecule has 0 fully saturated rings. The fourth-order valence-corrected chi connectivity index (χ4v) is 0.681. The van der Waals surface area contributed by atoms with Crippen molar-refractivity contribution in [2.75, 3.05) is 13.1 Å². The first-order valence-corrected chi connectivity index (χ1v) is 3.36. The Morgan fingerprint density at radius 3 is 1.57 bits per heavy atom. The van der Waals surface area contributed by atoms with E-state index in [0.717, 1.165) is 0 Å². The molecule has 0 aromatic carbocycles. The number of carboxylic acid groups (broad SMARTS) is 2. The Kier molecular flexibility index (Phi) is 4.41. The maximum absolute atomic E-state index is 11.0. The van der Waals surface area contributed by atoms with Crippen LogP contribution in [0.2, 0.25) is 0 Å². The lowest BCUT2D eigenvalue weighted by Crippen LogP contribution is -2.43. The third kappa shape index (κ3) is 4.29. The lowest BCUT2D eigenvalue weighted by atomic mass is 10.5. The van der Waals surface area contributed by atoms with E-state index in [-0.39, 0.29) is 4.90 Å². The smallest absolute Gasteiger partial charge is 0.323 e. The second-order valence-electron chi connectivity index (χ2n) is 2.33. The highest BCUT2D eigenvalue weighted by Crippen LogP contribution is 1.96. The molecule has 2 N–H and O–H groups in total. The normalized spacial score (nSPS) is 9.29. The number of carboxylic acids is 2. The molecule has 2 amide bonds. The number of urea groups is 1. The van der Waals surface area contributed by atoms with Gasteiger partial charge in [0.05, 0.1) is 14.1 Å². The minimum absolute atomic E-state index is 0.117. The molecule has 4 radical (unpaired) electrons. The molecule has 0 heterocycles. The Balaban J connectivity index is 4.46. The summed E-state index contributed by atoms with van der Waals surface area (Å²) in [4.78, 5) is 32.0. The molecule has 7 heteroatoms. The Bertz CT molecular complexity index is 234. The van der Waals surface area contributed by atoms with Crippen molar-refractivity contribution < 1.29 is 24.6 Å². The van der Waals surface area contributed by atoms with E-state index in [1.54, 1.807) is 0 Å². The van der Waals surface area contributed by atoms with E-state index in [2.05, 4.69) is 0 Å². The van der Waals surface area contributed by atoms with Crippen molar-refractivity contribution in [3.63, 3.8) is 0 Å². The van der Waals surface area contributed by atoms with E-state index in [1.165, 1.54) is 0 Å². The molecule has 0 unspecified atom stereocenters. The van der Waals surface area contributed by atoms with Gasteiger partial charge in [-0.05, 0) is 0 Å². The Labute approximate surface area is 80.5 Å². The van der Waals surface area contributed by atoms with Gasteiger partial charge in [0, 0.05) is 0 Å². The summed E-state index contributed by atoms with van der Waals surface area (Å²) in [6.07, 6.45) is 0. The van der Waals surface area contributed by atoms with E-state index < -0.39 is 31.1 Å². The van der Waals surface area contributed by atoms with Crippen LogP contribution >= 0.6 is 0 Å². The van der Waals surface area contributed by atoms with Gasteiger partial charge in [-0.1, -0.05) is 0 Å². The van der Waals surface area contributed by atoms with Crippen molar-refractivity contribution in [2.24, 2.45) is 0 Å². The van der Waals surface area contributed by atoms with Gasteiger partial charge in [0.2, 0.25) is 0 Å². The molecular weight excluding hydrogens is 192 g/mol. The molecule has 14 heavy (non-hydrogen) atoms. The van der Waals surface area contributed by atoms with Crippen LogP contribution in [0, 0.1) is 14.1 Å². The van der Waals surface area contributed by atoms with Crippen molar-refractivity contribution in [1.29, 1.82) is 0 Å². The third-order valence-electron chi connectivity index (χ3n) is 1.14. The van der Waals surface area contributed by atoms with Crippen LogP contribution in [0.3, 0.4) is 0 Å². The zero-order chi connectivity index (χ0) is 11.3. The first kappa shape index (κ1) is 12.2. The summed E-state index contributed by atoms with van der Waals surface area (Å²) in [5.41, 5.74) is 0. The predicted molar refractivity (Wildman–Crippen MR) is 42.7 cm³/mol. The average Bonchev–Trinajstić information content (AvgIpc) is 1.99. The van der Waals surface area contributed by atoms with Crippen LogP contribution in [0.4, 0.5) is 4.79 Å². The molecule has 7 nitrogen and oxygen atoms in total. The molecule has 0 bridgehead atoms. The average molecular weight is 200 g/mol. The summed E-state index contributed by atoms with van der Waals surface area (Å²) in [5.74, 6) is -2.72. The van der Waals surface area contributed by atoms with Gasteiger partial charge in [-0.15, -0.1) is 0 Å². The molecule has 0 atom stereocenters. The van der Waals surface area contributed by atoms with E-state index in [9.17, 15) is 14.4 Å². The van der Waals surface area contributed by atoms with Crippen LogP contribution in [0.1, 0.15) is 0 Å². The second kappa shape index (κ2) is 5.05. The summed E-state index contributed by atoms with van der Waals surface area (Å²) in [6.45, 7) is -1.56. The second-order valence-corrected chi connectivity index (χ2v) is 2.33. The van der Waals surface area contributed by atoms with Gasteiger partial charge < -0.3 is 20.0 Å². The fraction of sp³-hybridized carbons (Fsp3) is 0.286. The number of rotatable bonds is 4. The van der Waals surface area contributed by atoms with Crippen molar-refractivity contribution in [2.45, 2.75) is 0 Å². The van der Waals surface area contributed by atoms with Crippen LogP contribution in [-0.4, -0.2) is 51.1 Å². The van der Waals surface area contributed by atoms with Gasteiger partial charge in [0.1, 0.15) is 13.1 Å². The lowest BCUT2D eigenvalue weighted by Gasteiger charge is -2.21. The van der Waals surface area contributed by atoms with E-state index in [4.69, 9.17) is 24.3 Å². The van der Waals surface area contributed by atoms with Crippen molar-refractivity contribution in [3.05, 3.63) is 14.1 Å². The summed E-state index contributed by atoms with van der Waals surface area (Å²) < 4.78 is 0. The summed E-state index contributed by atoms with van der Waals surface area (Å²) in [7, 11) is 9.64. The highest BCUT2D eigenvalue weighted by Gasteiger charge is 2.20. The first-order valence-electron chi connectivity index (χ1n) is 3.36. The largest absolute Gasteiger partial charge is 0.480 e. The first-order chi connectivity index (χ1) is 6.34. The molecule has 0 rings (SSSR count). The zero-order valence-electron chi connectivity index (χ0n) is 7.08. The zero-order valence-corrected chi connectivity index (χ0v) is 7.08.